The monoisotopic (exact) mass is 370 g/mol. The number of Topliss-reactive ketones (excluding diaryl/α,β-unsaturated/α-hetero) is 1. The van der Waals surface area contributed by atoms with Crippen LogP contribution in [0.25, 0.3) is 27.6 Å². The van der Waals surface area contributed by atoms with E-state index in [0.29, 0.717) is 12.1 Å². The van der Waals surface area contributed by atoms with E-state index in [-0.39, 0.29) is 5.78 Å². The smallest absolute Gasteiger partial charge is 0.180 e. The molecule has 0 fully saturated rings. The van der Waals surface area contributed by atoms with Crippen LogP contribution in [0.5, 0.6) is 0 Å². The van der Waals surface area contributed by atoms with Gasteiger partial charge in [-0.2, -0.15) is 0 Å². The summed E-state index contributed by atoms with van der Waals surface area (Å²) in [6.45, 7) is 6.20. The number of carbonyl (C=O) groups excluding carboxylic acids is 1. The summed E-state index contributed by atoms with van der Waals surface area (Å²) in [6.07, 6.45) is 11.1. The summed E-state index contributed by atoms with van der Waals surface area (Å²) < 4.78 is 0. The zero-order valence-corrected chi connectivity index (χ0v) is 16.9. The number of ketones is 1. The van der Waals surface area contributed by atoms with Crippen molar-refractivity contribution in [3.8, 4) is 11.1 Å². The Labute approximate surface area is 166 Å². The number of benzene rings is 1. The summed E-state index contributed by atoms with van der Waals surface area (Å²) in [5.74, 6) is 0.105. The minimum absolute atomic E-state index is 0.105. The summed E-state index contributed by atoms with van der Waals surface area (Å²) in [5.41, 5.74) is 8.87. The Kier molecular flexibility index (Phi) is 5.08. The van der Waals surface area contributed by atoms with Gasteiger partial charge in [0.15, 0.2) is 5.78 Å². The van der Waals surface area contributed by atoms with Crippen molar-refractivity contribution in [1.82, 2.24) is 9.97 Å². The highest BCUT2D eigenvalue weighted by Gasteiger charge is 2.19. The predicted molar refractivity (Wildman–Crippen MR) is 116 cm³/mol. The Balaban J connectivity index is 2.05. The highest BCUT2D eigenvalue weighted by molar-refractivity contribution is 6.03. The summed E-state index contributed by atoms with van der Waals surface area (Å²) in [6, 6.07) is 8.29. The Bertz CT molecular complexity index is 1080. The minimum Gasteiger partial charge on any atom is -0.292 e. The zero-order valence-electron chi connectivity index (χ0n) is 16.9. The van der Waals surface area contributed by atoms with Crippen LogP contribution in [0.15, 0.2) is 42.7 Å². The molecule has 3 aromatic rings. The number of aromatic nitrogens is 2. The van der Waals surface area contributed by atoms with Gasteiger partial charge in [-0.3, -0.25) is 9.78 Å². The van der Waals surface area contributed by atoms with Gasteiger partial charge >= 0.3 is 0 Å². The van der Waals surface area contributed by atoms with Crippen LogP contribution in [-0.4, -0.2) is 15.8 Å². The molecule has 3 nitrogen and oxygen atoms in total. The van der Waals surface area contributed by atoms with Gasteiger partial charge in [-0.1, -0.05) is 13.0 Å². The van der Waals surface area contributed by atoms with Crippen LogP contribution in [0.3, 0.4) is 0 Å². The molecule has 0 bridgehead atoms. The summed E-state index contributed by atoms with van der Waals surface area (Å²) in [7, 11) is 0. The van der Waals surface area contributed by atoms with E-state index in [1.165, 1.54) is 51.6 Å². The van der Waals surface area contributed by atoms with Crippen LogP contribution in [0, 0.1) is 13.8 Å². The molecule has 1 aliphatic carbocycles. The van der Waals surface area contributed by atoms with Gasteiger partial charge in [0, 0.05) is 24.2 Å². The first-order valence-electron chi connectivity index (χ1n) is 10.2. The second-order valence-corrected chi connectivity index (χ2v) is 7.63. The van der Waals surface area contributed by atoms with Crippen molar-refractivity contribution in [1.29, 1.82) is 0 Å². The van der Waals surface area contributed by atoms with Gasteiger partial charge in [-0.15, -0.1) is 0 Å². The molecule has 3 heteroatoms. The standard InChI is InChI=1S/C25H26N2O/c1-4-23(28)21-15-20(18-8-6-5-7-9-18)25-17(3)24(16(2)14-22(25)27-21)19-10-12-26-13-11-19/h8,10-15H,4-7,9H2,1-3H3. The van der Waals surface area contributed by atoms with E-state index in [9.17, 15) is 4.79 Å². The molecule has 2 heterocycles. The molecular weight excluding hydrogens is 344 g/mol. The number of pyridine rings is 2. The molecule has 28 heavy (non-hydrogen) atoms. The lowest BCUT2D eigenvalue weighted by atomic mass is 9.86. The number of nitrogens with zero attached hydrogens (tertiary/aromatic N) is 2. The molecule has 0 aliphatic heterocycles. The molecule has 0 saturated heterocycles. The zero-order chi connectivity index (χ0) is 19.7. The third kappa shape index (κ3) is 3.26. The van der Waals surface area contributed by atoms with Crippen molar-refractivity contribution >= 4 is 22.3 Å². The van der Waals surface area contributed by atoms with Crippen LogP contribution in [0.1, 0.15) is 66.2 Å². The fourth-order valence-electron chi connectivity index (χ4n) is 4.38. The Morgan fingerprint density at radius 3 is 2.57 bits per heavy atom. The number of hydrogen-bond acceptors (Lipinski definition) is 3. The van der Waals surface area contributed by atoms with Gasteiger partial charge < -0.3 is 0 Å². The second kappa shape index (κ2) is 7.67. The second-order valence-electron chi connectivity index (χ2n) is 7.63. The average Bonchev–Trinajstić information content (AvgIpc) is 2.73. The molecule has 2 aromatic heterocycles. The summed E-state index contributed by atoms with van der Waals surface area (Å²) in [4.78, 5) is 21.4. The molecule has 0 amide bonds. The molecule has 0 spiro atoms. The lowest BCUT2D eigenvalue weighted by Gasteiger charge is -2.20. The molecule has 0 atom stereocenters. The SMILES string of the molecule is CCC(=O)c1cc(C2=CCCCC2)c2c(C)c(-c3ccncc3)c(C)cc2n1. The van der Waals surface area contributed by atoms with E-state index in [4.69, 9.17) is 4.98 Å². The van der Waals surface area contributed by atoms with E-state index >= 15 is 0 Å². The first-order chi connectivity index (χ1) is 13.6. The number of carbonyl (C=O) groups is 1. The van der Waals surface area contributed by atoms with Gasteiger partial charge in [0.25, 0.3) is 0 Å². The molecule has 0 saturated carbocycles. The average molecular weight is 370 g/mol. The maximum Gasteiger partial charge on any atom is 0.180 e. The molecule has 4 rings (SSSR count). The molecule has 1 aromatic carbocycles. The van der Waals surface area contributed by atoms with Crippen molar-refractivity contribution in [2.45, 2.75) is 52.9 Å². The normalized spacial score (nSPS) is 14.2. The largest absolute Gasteiger partial charge is 0.292 e. The number of rotatable bonds is 4. The first-order valence-corrected chi connectivity index (χ1v) is 10.2. The lowest BCUT2D eigenvalue weighted by Crippen LogP contribution is -2.05. The van der Waals surface area contributed by atoms with Crippen LogP contribution in [0.4, 0.5) is 0 Å². The topological polar surface area (TPSA) is 42.9 Å². The first kappa shape index (κ1) is 18.5. The van der Waals surface area contributed by atoms with Crippen LogP contribution in [0.2, 0.25) is 0 Å². The van der Waals surface area contributed by atoms with E-state index in [1.54, 1.807) is 0 Å². The summed E-state index contributed by atoms with van der Waals surface area (Å²) in [5, 5.41) is 1.18. The quantitative estimate of drug-likeness (QED) is 0.495. The maximum atomic E-state index is 12.5. The maximum absolute atomic E-state index is 12.5. The molecule has 0 N–H and O–H groups in total. The fourth-order valence-corrected chi connectivity index (χ4v) is 4.38. The van der Waals surface area contributed by atoms with Crippen molar-refractivity contribution in [2.75, 3.05) is 0 Å². The highest BCUT2D eigenvalue weighted by Crippen LogP contribution is 2.38. The van der Waals surface area contributed by atoms with Crippen LogP contribution in [-0.2, 0) is 0 Å². The van der Waals surface area contributed by atoms with Crippen molar-refractivity contribution < 1.29 is 4.79 Å². The Morgan fingerprint density at radius 2 is 1.89 bits per heavy atom. The predicted octanol–water partition coefficient (Wildman–Crippen LogP) is 6.46. The lowest BCUT2D eigenvalue weighted by molar-refractivity contribution is 0.0983. The molecule has 0 radical (unpaired) electrons. The van der Waals surface area contributed by atoms with Gasteiger partial charge in [-0.25, -0.2) is 4.98 Å². The van der Waals surface area contributed by atoms with Gasteiger partial charge in [0.05, 0.1) is 5.52 Å². The van der Waals surface area contributed by atoms with Gasteiger partial charge in [0.1, 0.15) is 5.69 Å². The van der Waals surface area contributed by atoms with E-state index < -0.39 is 0 Å². The third-order valence-corrected chi connectivity index (χ3v) is 5.76. The molecular formula is C25H26N2O. The highest BCUT2D eigenvalue weighted by atomic mass is 16.1. The number of allylic oxidation sites excluding steroid dienone is 2. The van der Waals surface area contributed by atoms with E-state index in [2.05, 4.69) is 43.1 Å². The van der Waals surface area contributed by atoms with Gasteiger partial charge in [0.2, 0.25) is 0 Å². The Hall–Kier alpha value is -2.81. The molecule has 0 unspecified atom stereocenters. The number of fused-ring (bicyclic) bond motifs is 1. The number of hydrogen-bond donors (Lipinski definition) is 0. The van der Waals surface area contributed by atoms with Crippen molar-refractivity contribution in [3.63, 3.8) is 0 Å². The summed E-state index contributed by atoms with van der Waals surface area (Å²) >= 11 is 0. The molecule has 1 aliphatic rings. The van der Waals surface area contributed by atoms with Gasteiger partial charge in [-0.05, 0) is 97.2 Å². The minimum atomic E-state index is 0.105. The Morgan fingerprint density at radius 1 is 1.11 bits per heavy atom. The third-order valence-electron chi connectivity index (χ3n) is 5.76. The van der Waals surface area contributed by atoms with Crippen LogP contribution >= 0.6 is 0 Å². The molecule has 142 valence electrons. The van der Waals surface area contributed by atoms with E-state index in [0.717, 1.165) is 18.4 Å². The number of aryl methyl sites for hydroxylation is 2. The van der Waals surface area contributed by atoms with Crippen molar-refractivity contribution in [2.24, 2.45) is 0 Å². The van der Waals surface area contributed by atoms with E-state index in [1.807, 2.05) is 25.4 Å². The van der Waals surface area contributed by atoms with Crippen molar-refractivity contribution in [3.05, 3.63) is 65.1 Å². The van der Waals surface area contributed by atoms with Crippen LogP contribution < -0.4 is 0 Å². The fraction of sp³-hybridized carbons (Fsp3) is 0.320.